The van der Waals surface area contributed by atoms with Gasteiger partial charge in [0.1, 0.15) is 6.54 Å². The highest BCUT2D eigenvalue weighted by molar-refractivity contribution is 7.16. The van der Waals surface area contributed by atoms with Gasteiger partial charge in [0.15, 0.2) is 0 Å². The maximum Gasteiger partial charge on any atom is 0.239 e. The number of nitrogens with zero attached hydrogens (tertiary/aromatic N) is 3. The molecule has 3 atom stereocenters. The summed E-state index contributed by atoms with van der Waals surface area (Å²) >= 11 is 7.81. The summed E-state index contributed by atoms with van der Waals surface area (Å²) in [7, 11) is 0. The van der Waals surface area contributed by atoms with Gasteiger partial charge in [-0.1, -0.05) is 16.8 Å². The van der Waals surface area contributed by atoms with Crippen LogP contribution in [0, 0.1) is 0 Å². The van der Waals surface area contributed by atoms with Gasteiger partial charge in [0, 0.05) is 17.5 Å². The van der Waals surface area contributed by atoms with E-state index in [0.29, 0.717) is 18.4 Å². The summed E-state index contributed by atoms with van der Waals surface area (Å²) in [6, 6.07) is 2.33. The minimum absolute atomic E-state index is 0.0277. The molecule has 1 aliphatic heterocycles. The van der Waals surface area contributed by atoms with E-state index in [4.69, 9.17) is 17.3 Å². The number of carbonyl (C=O) groups is 1. The maximum absolute atomic E-state index is 11.0. The van der Waals surface area contributed by atoms with Crippen molar-refractivity contribution in [2.75, 3.05) is 6.61 Å². The number of aliphatic hydroxyl groups is 1. The zero-order valence-electron chi connectivity index (χ0n) is 14.0. The van der Waals surface area contributed by atoms with Gasteiger partial charge < -0.3 is 16.2 Å². The van der Waals surface area contributed by atoms with E-state index in [1.807, 2.05) is 6.07 Å². The van der Waals surface area contributed by atoms with Crippen molar-refractivity contribution in [1.82, 2.24) is 20.3 Å². The molecule has 7 nitrogen and oxygen atoms in total. The fourth-order valence-electron chi connectivity index (χ4n) is 3.49. The summed E-state index contributed by atoms with van der Waals surface area (Å²) < 4.78 is 2.22. The molecular weight excluding hydrogens is 362 g/mol. The van der Waals surface area contributed by atoms with Crippen molar-refractivity contribution in [3.63, 3.8) is 0 Å². The first kappa shape index (κ1) is 18.3. The Bertz CT molecular complexity index is 747. The Morgan fingerprint density at radius 2 is 2.36 bits per heavy atom. The van der Waals surface area contributed by atoms with Gasteiger partial charge >= 0.3 is 0 Å². The lowest BCUT2D eigenvalue weighted by Gasteiger charge is -2.34. The average Bonchev–Trinajstić information content (AvgIpc) is 3.13. The van der Waals surface area contributed by atoms with Crippen LogP contribution in [-0.2, 0) is 17.8 Å². The maximum atomic E-state index is 11.0. The van der Waals surface area contributed by atoms with Crippen LogP contribution in [0.15, 0.2) is 12.3 Å². The van der Waals surface area contributed by atoms with E-state index in [2.05, 4.69) is 22.6 Å². The van der Waals surface area contributed by atoms with Crippen LogP contribution >= 0.6 is 22.9 Å². The number of halogens is 1. The van der Waals surface area contributed by atoms with Gasteiger partial charge in [0.05, 0.1) is 22.3 Å². The molecule has 9 heteroatoms. The predicted octanol–water partition coefficient (Wildman–Crippen LogP) is 1.61. The van der Waals surface area contributed by atoms with Gasteiger partial charge in [-0.15, -0.1) is 16.4 Å². The van der Waals surface area contributed by atoms with Gasteiger partial charge in [-0.2, -0.15) is 0 Å². The van der Waals surface area contributed by atoms with E-state index in [9.17, 15) is 9.90 Å². The highest BCUT2D eigenvalue weighted by atomic mass is 35.5. The number of thiophene rings is 1. The standard InChI is InChI=1S/C16H22ClN5O2S/c1-9-4-11(16-10(2-3-23)6-14(17)25-16)5-12(19-9)13-7-22(21-20-13)8-15(18)24/h6-7,9,11-12,19,23H,2-5,8H2,1H3,(H2,18,24). The number of rotatable bonds is 6. The molecule has 4 N–H and O–H groups in total. The van der Waals surface area contributed by atoms with Crippen LogP contribution in [-0.4, -0.2) is 38.7 Å². The molecule has 1 amide bonds. The van der Waals surface area contributed by atoms with Gasteiger partial charge in [-0.05, 0) is 43.7 Å². The van der Waals surface area contributed by atoms with Crippen LogP contribution in [0.25, 0.3) is 0 Å². The van der Waals surface area contributed by atoms with E-state index in [0.717, 1.165) is 28.4 Å². The number of nitrogens with one attached hydrogen (secondary N) is 1. The Morgan fingerprint density at radius 3 is 3.08 bits per heavy atom. The van der Waals surface area contributed by atoms with Crippen molar-refractivity contribution >= 4 is 28.8 Å². The number of aliphatic hydroxyl groups excluding tert-OH is 1. The Kier molecular flexibility index (Phi) is 5.73. The third-order valence-electron chi connectivity index (χ3n) is 4.44. The van der Waals surface area contributed by atoms with Crippen molar-refractivity contribution in [3.8, 4) is 0 Å². The molecule has 0 saturated carbocycles. The summed E-state index contributed by atoms with van der Waals surface area (Å²) in [4.78, 5) is 12.3. The molecule has 3 unspecified atom stereocenters. The number of nitrogens with two attached hydrogens (primary N) is 1. The summed E-state index contributed by atoms with van der Waals surface area (Å²) in [5.74, 6) is -0.0947. The fraction of sp³-hybridized carbons (Fsp3) is 0.562. The third kappa shape index (κ3) is 4.38. The number of aromatic nitrogens is 3. The number of hydrogen-bond acceptors (Lipinski definition) is 6. The second kappa shape index (κ2) is 7.82. The number of primary amides is 1. The van der Waals surface area contributed by atoms with Gasteiger partial charge in [-0.25, -0.2) is 4.68 Å². The van der Waals surface area contributed by atoms with Crippen molar-refractivity contribution in [2.45, 2.75) is 50.7 Å². The Hall–Kier alpha value is -1.48. The Labute approximate surface area is 155 Å². The molecule has 3 heterocycles. The fourth-order valence-corrected chi connectivity index (χ4v) is 4.93. The molecule has 0 spiro atoms. The first-order valence-corrected chi connectivity index (χ1v) is 9.49. The summed E-state index contributed by atoms with van der Waals surface area (Å²) in [5, 5.41) is 21.0. The molecule has 2 aromatic rings. The van der Waals surface area contributed by atoms with Crippen molar-refractivity contribution in [1.29, 1.82) is 0 Å². The number of hydrogen-bond donors (Lipinski definition) is 3. The first-order valence-electron chi connectivity index (χ1n) is 8.29. The molecule has 136 valence electrons. The number of carbonyl (C=O) groups excluding carboxylic acids is 1. The van der Waals surface area contributed by atoms with Gasteiger partial charge in [0.2, 0.25) is 5.91 Å². The monoisotopic (exact) mass is 383 g/mol. The van der Waals surface area contributed by atoms with E-state index in [1.165, 1.54) is 9.56 Å². The average molecular weight is 384 g/mol. The first-order chi connectivity index (χ1) is 12.0. The minimum Gasteiger partial charge on any atom is -0.396 e. The molecular formula is C16H22ClN5O2S. The van der Waals surface area contributed by atoms with Gasteiger partial charge in [-0.3, -0.25) is 4.79 Å². The Balaban J connectivity index is 1.80. The van der Waals surface area contributed by atoms with E-state index in [1.54, 1.807) is 17.5 Å². The molecule has 0 radical (unpaired) electrons. The van der Waals surface area contributed by atoms with Crippen LogP contribution in [0.3, 0.4) is 0 Å². The van der Waals surface area contributed by atoms with Crippen LogP contribution in [0.1, 0.15) is 47.9 Å². The van der Waals surface area contributed by atoms with Crippen molar-refractivity contribution < 1.29 is 9.90 Å². The summed E-state index contributed by atoms with van der Waals surface area (Å²) in [5.41, 5.74) is 7.15. The van der Waals surface area contributed by atoms with Gasteiger partial charge in [0.25, 0.3) is 0 Å². The number of piperidine rings is 1. The molecule has 1 fully saturated rings. The van der Waals surface area contributed by atoms with E-state index >= 15 is 0 Å². The SMILES string of the molecule is CC1CC(c2sc(Cl)cc2CCO)CC(c2cn(CC(N)=O)nn2)N1. The van der Waals surface area contributed by atoms with Crippen LogP contribution < -0.4 is 11.1 Å². The second-order valence-corrected chi connectivity index (χ2v) is 8.22. The molecule has 0 bridgehead atoms. The molecule has 25 heavy (non-hydrogen) atoms. The highest BCUT2D eigenvalue weighted by Crippen LogP contribution is 2.42. The van der Waals surface area contributed by atoms with E-state index in [-0.39, 0.29) is 19.2 Å². The lowest BCUT2D eigenvalue weighted by Crippen LogP contribution is -2.38. The molecule has 2 aromatic heterocycles. The zero-order chi connectivity index (χ0) is 18.0. The highest BCUT2D eigenvalue weighted by Gasteiger charge is 2.31. The van der Waals surface area contributed by atoms with Crippen molar-refractivity contribution in [2.24, 2.45) is 5.73 Å². The molecule has 1 aliphatic rings. The summed E-state index contributed by atoms with van der Waals surface area (Å²) in [6.07, 6.45) is 4.26. The lowest BCUT2D eigenvalue weighted by atomic mass is 9.85. The minimum atomic E-state index is -0.443. The number of amides is 1. The molecule has 0 aromatic carbocycles. The largest absolute Gasteiger partial charge is 0.396 e. The Morgan fingerprint density at radius 1 is 1.56 bits per heavy atom. The lowest BCUT2D eigenvalue weighted by molar-refractivity contribution is -0.118. The molecule has 1 saturated heterocycles. The molecule has 0 aliphatic carbocycles. The normalized spacial score (nSPS) is 23.7. The third-order valence-corrected chi connectivity index (χ3v) is 5.91. The smallest absolute Gasteiger partial charge is 0.239 e. The van der Waals surface area contributed by atoms with Crippen LogP contribution in [0.5, 0.6) is 0 Å². The summed E-state index contributed by atoms with van der Waals surface area (Å²) in [6.45, 7) is 2.29. The zero-order valence-corrected chi connectivity index (χ0v) is 15.6. The topological polar surface area (TPSA) is 106 Å². The molecule has 3 rings (SSSR count). The van der Waals surface area contributed by atoms with E-state index < -0.39 is 5.91 Å². The quantitative estimate of drug-likeness (QED) is 0.702. The predicted molar refractivity (Wildman–Crippen MR) is 96.6 cm³/mol. The second-order valence-electron chi connectivity index (χ2n) is 6.51. The van der Waals surface area contributed by atoms with Crippen LogP contribution in [0.2, 0.25) is 4.34 Å². The van der Waals surface area contributed by atoms with Crippen LogP contribution in [0.4, 0.5) is 0 Å². The van der Waals surface area contributed by atoms with Crippen molar-refractivity contribution in [3.05, 3.63) is 32.7 Å².